The molecule has 5 heterocycles. The van der Waals surface area contributed by atoms with Gasteiger partial charge >= 0.3 is 6.03 Å². The number of halogens is 2. The molecule has 3 aliphatic heterocycles. The lowest BCUT2D eigenvalue weighted by molar-refractivity contribution is -0.120. The maximum absolute atomic E-state index is 13.0. The maximum atomic E-state index is 13.0. The number of urea groups is 1. The summed E-state index contributed by atoms with van der Waals surface area (Å²) in [5.41, 5.74) is 2.73. The van der Waals surface area contributed by atoms with E-state index in [9.17, 15) is 14.4 Å². The molecule has 306 valence electrons. The van der Waals surface area contributed by atoms with Crippen molar-refractivity contribution in [2.24, 2.45) is 11.8 Å². The van der Waals surface area contributed by atoms with Gasteiger partial charge in [-0.2, -0.15) is 5.26 Å². The van der Waals surface area contributed by atoms with Crippen LogP contribution in [0.1, 0.15) is 86.8 Å². The van der Waals surface area contributed by atoms with Crippen molar-refractivity contribution in [3.8, 4) is 11.8 Å². The molecule has 13 nitrogen and oxygen atoms in total. The van der Waals surface area contributed by atoms with Crippen LogP contribution in [0, 0.1) is 23.2 Å². The molecule has 58 heavy (non-hydrogen) atoms. The number of aromatic nitrogens is 3. The first kappa shape index (κ1) is 41.3. The fourth-order valence-electron chi connectivity index (χ4n) is 9.16. The predicted molar refractivity (Wildman–Crippen MR) is 226 cm³/mol. The lowest BCUT2D eigenvalue weighted by atomic mass is 9.88. The van der Waals surface area contributed by atoms with E-state index in [1.807, 2.05) is 18.2 Å². The molecular formula is C43H51Cl2N9O4. The number of likely N-dealkylation sites (tertiary alicyclic amines) is 1. The summed E-state index contributed by atoms with van der Waals surface area (Å²) < 4.78 is 8.46. The van der Waals surface area contributed by atoms with Crippen LogP contribution in [0.4, 0.5) is 16.3 Å². The topological polar surface area (TPSA) is 149 Å². The van der Waals surface area contributed by atoms with Gasteiger partial charge in [0.05, 0.1) is 27.9 Å². The first-order valence-corrected chi connectivity index (χ1v) is 20.8. The van der Waals surface area contributed by atoms with E-state index in [4.69, 9.17) is 21.6 Å². The van der Waals surface area contributed by atoms with Crippen LogP contribution in [0.3, 0.4) is 0 Å². The average Bonchev–Trinajstić information content (AvgIpc) is 3.67. The highest BCUT2D eigenvalue weighted by atomic mass is 35.5. The normalized spacial score (nSPS) is 21.5. The number of hydrogen-bond donors (Lipinski definition) is 2. The van der Waals surface area contributed by atoms with Gasteiger partial charge in [-0.1, -0.05) is 17.7 Å². The molecule has 4 fully saturated rings. The van der Waals surface area contributed by atoms with Crippen LogP contribution in [0.5, 0.6) is 5.75 Å². The number of rotatable bonds is 10. The minimum absolute atomic E-state index is 0. The van der Waals surface area contributed by atoms with E-state index in [1.54, 1.807) is 29.2 Å². The fraction of sp³-hybridized carbons (Fsp3) is 0.488. The number of hydrogen-bond acceptors (Lipinski definition) is 9. The second kappa shape index (κ2) is 18.4. The van der Waals surface area contributed by atoms with Crippen molar-refractivity contribution in [3.05, 3.63) is 77.1 Å². The first-order chi connectivity index (χ1) is 27.7. The van der Waals surface area contributed by atoms with E-state index in [2.05, 4.69) is 66.5 Å². The van der Waals surface area contributed by atoms with Gasteiger partial charge in [0.15, 0.2) is 11.5 Å². The second-order valence-corrected chi connectivity index (χ2v) is 16.5. The highest BCUT2D eigenvalue weighted by Crippen LogP contribution is 2.36. The molecule has 4 aromatic rings. The number of nitrogens with one attached hydrogen (secondary N) is 2. The SMILES string of the molecule is CC(C1CCN(CC2CCN(c3ccc(C(=O)NC4CCC(Oc5ccc(C#N)c(Cl)c5)CC4)nn3)CC2)CC1)n1ccc2c(N3CCC(=O)NC3=O)cccc21.Cl. The molecule has 2 aromatic heterocycles. The number of nitrogens with zero attached hydrogens (tertiary/aromatic N) is 7. The predicted octanol–water partition coefficient (Wildman–Crippen LogP) is 7.13. The smallest absolute Gasteiger partial charge is 0.328 e. The van der Waals surface area contributed by atoms with E-state index in [0.29, 0.717) is 52.9 Å². The van der Waals surface area contributed by atoms with Gasteiger partial charge in [-0.25, -0.2) is 4.79 Å². The third kappa shape index (κ3) is 9.20. The van der Waals surface area contributed by atoms with Crippen LogP contribution >= 0.6 is 24.0 Å². The number of carbonyl (C=O) groups is 3. The number of ether oxygens (including phenoxy) is 1. The third-order valence-corrected chi connectivity index (χ3v) is 12.9. The van der Waals surface area contributed by atoms with Gasteiger partial charge in [-0.05, 0) is 126 Å². The Bertz CT molecular complexity index is 2130. The molecule has 2 aromatic carbocycles. The van der Waals surface area contributed by atoms with Crippen LogP contribution in [0.25, 0.3) is 10.9 Å². The zero-order chi connectivity index (χ0) is 39.5. The fourth-order valence-corrected chi connectivity index (χ4v) is 9.38. The molecule has 1 saturated carbocycles. The Morgan fingerprint density at radius 3 is 2.43 bits per heavy atom. The summed E-state index contributed by atoms with van der Waals surface area (Å²) >= 11 is 6.16. The Kier molecular flexibility index (Phi) is 13.1. The monoisotopic (exact) mass is 827 g/mol. The summed E-state index contributed by atoms with van der Waals surface area (Å²) in [5, 5.41) is 24.9. The van der Waals surface area contributed by atoms with Crippen molar-refractivity contribution >= 4 is 64.3 Å². The molecule has 8 rings (SSSR count). The van der Waals surface area contributed by atoms with Gasteiger partial charge in [-0.3, -0.25) is 19.8 Å². The summed E-state index contributed by atoms with van der Waals surface area (Å²) in [7, 11) is 0. The van der Waals surface area contributed by atoms with E-state index in [0.717, 1.165) is 106 Å². The molecule has 1 aliphatic carbocycles. The standard InChI is InChI=1S/C43H50ClN9O4.ClH/c1-28(52-23-17-35-38(52)3-2-4-39(35)53-24-18-41(54)47-43(53)56)30-15-19-50(20-16-30)27-29-13-21-51(22-14-29)40-12-11-37(48-49-40)42(55)46-32-6-9-33(10-7-32)57-34-8-5-31(26-45)36(44)25-34;/h2-5,8,11-12,17,23,25,28-30,32-33H,6-7,9-10,13-16,18-22,24,27H2,1H3,(H,46,55)(H,47,54,56);1H. The van der Waals surface area contributed by atoms with Crippen molar-refractivity contribution in [2.75, 3.05) is 49.1 Å². The average molecular weight is 829 g/mol. The minimum Gasteiger partial charge on any atom is -0.490 e. The van der Waals surface area contributed by atoms with Gasteiger partial charge in [0, 0.05) is 62.3 Å². The number of piperidine rings is 2. The van der Waals surface area contributed by atoms with Gasteiger partial charge < -0.3 is 24.4 Å². The van der Waals surface area contributed by atoms with Crippen LogP contribution in [-0.4, -0.2) is 88.9 Å². The van der Waals surface area contributed by atoms with E-state index in [1.165, 1.54) is 0 Å². The molecule has 4 aliphatic rings. The largest absolute Gasteiger partial charge is 0.490 e. The summed E-state index contributed by atoms with van der Waals surface area (Å²) in [4.78, 5) is 43.9. The highest BCUT2D eigenvalue weighted by molar-refractivity contribution is 6.31. The molecule has 2 N–H and O–H groups in total. The third-order valence-electron chi connectivity index (χ3n) is 12.5. The van der Waals surface area contributed by atoms with E-state index in [-0.39, 0.29) is 42.4 Å². The number of carbonyl (C=O) groups excluding carboxylic acids is 3. The van der Waals surface area contributed by atoms with Gasteiger partial charge in [0.1, 0.15) is 11.8 Å². The van der Waals surface area contributed by atoms with Crippen molar-refractivity contribution in [1.29, 1.82) is 5.26 Å². The van der Waals surface area contributed by atoms with E-state index < -0.39 is 0 Å². The molecule has 15 heteroatoms. The first-order valence-electron chi connectivity index (χ1n) is 20.4. The lowest BCUT2D eigenvalue weighted by Gasteiger charge is -2.39. The van der Waals surface area contributed by atoms with Crippen LogP contribution < -0.4 is 25.2 Å². The molecule has 3 saturated heterocycles. The Labute approximate surface area is 350 Å². The molecule has 1 unspecified atom stereocenters. The van der Waals surface area contributed by atoms with Crippen molar-refractivity contribution < 1.29 is 19.1 Å². The lowest BCUT2D eigenvalue weighted by Crippen LogP contribution is -2.49. The zero-order valence-corrected chi connectivity index (χ0v) is 34.4. The Balaban J connectivity index is 0.00000512. The highest BCUT2D eigenvalue weighted by Gasteiger charge is 2.31. The number of imide groups is 1. The Hall–Kier alpha value is -4.90. The molecule has 4 amide bonds. The molecule has 1 atom stereocenters. The molecule has 0 spiro atoms. The number of fused-ring (bicyclic) bond motifs is 1. The Morgan fingerprint density at radius 1 is 0.966 bits per heavy atom. The van der Waals surface area contributed by atoms with Gasteiger partial charge in [0.2, 0.25) is 5.91 Å². The maximum Gasteiger partial charge on any atom is 0.328 e. The number of anilines is 2. The number of nitriles is 1. The van der Waals surface area contributed by atoms with Crippen LogP contribution in [-0.2, 0) is 4.79 Å². The quantitative estimate of drug-likeness (QED) is 0.170. The van der Waals surface area contributed by atoms with Crippen LogP contribution in [0.2, 0.25) is 5.02 Å². The summed E-state index contributed by atoms with van der Waals surface area (Å²) in [6, 6.07) is 19.1. The second-order valence-electron chi connectivity index (χ2n) is 16.1. The minimum atomic E-state index is -0.353. The van der Waals surface area contributed by atoms with E-state index >= 15 is 0 Å². The molecular weight excluding hydrogens is 777 g/mol. The summed E-state index contributed by atoms with van der Waals surface area (Å²) in [5.74, 6) is 2.26. The molecule has 0 radical (unpaired) electrons. The Morgan fingerprint density at radius 2 is 1.74 bits per heavy atom. The summed E-state index contributed by atoms with van der Waals surface area (Å²) in [6.07, 6.45) is 10.2. The van der Waals surface area contributed by atoms with Crippen molar-refractivity contribution in [1.82, 2.24) is 30.3 Å². The van der Waals surface area contributed by atoms with Gasteiger partial charge in [-0.15, -0.1) is 22.6 Å². The van der Waals surface area contributed by atoms with Gasteiger partial charge in [0.25, 0.3) is 5.91 Å². The number of benzene rings is 2. The number of amides is 4. The molecule has 0 bridgehead atoms. The van der Waals surface area contributed by atoms with Crippen LogP contribution in [0.15, 0.2) is 60.8 Å². The van der Waals surface area contributed by atoms with Crippen molar-refractivity contribution in [3.63, 3.8) is 0 Å². The van der Waals surface area contributed by atoms with Crippen molar-refractivity contribution in [2.45, 2.75) is 82.9 Å². The summed E-state index contributed by atoms with van der Waals surface area (Å²) in [6.45, 7) is 7.88. The zero-order valence-electron chi connectivity index (χ0n) is 32.8.